The fourth-order valence-electron chi connectivity index (χ4n) is 3.05. The number of nitrogen functional groups attached to an aromatic ring is 2. The maximum Gasteiger partial charge on any atom is 0.170 e. The molecule has 35 heavy (non-hydrogen) atoms. The van der Waals surface area contributed by atoms with E-state index >= 15 is 0 Å². The van der Waals surface area contributed by atoms with Crippen LogP contribution in [0.3, 0.4) is 0 Å². The number of hydrazine groups is 2. The number of hydrazone groups is 1. The van der Waals surface area contributed by atoms with Gasteiger partial charge in [0.05, 0.1) is 25.7 Å². The van der Waals surface area contributed by atoms with Gasteiger partial charge in [0.25, 0.3) is 0 Å². The first-order valence-electron chi connectivity index (χ1n) is 10.4. The number of ether oxygens (including phenoxy) is 1. The van der Waals surface area contributed by atoms with E-state index in [1.54, 1.807) is 25.7 Å². The van der Waals surface area contributed by atoms with E-state index < -0.39 is 0 Å². The summed E-state index contributed by atoms with van der Waals surface area (Å²) < 4.78 is 4.97. The molecule has 0 amide bonds. The minimum atomic E-state index is 0.605. The summed E-state index contributed by atoms with van der Waals surface area (Å²) in [6.07, 6.45) is 4.99. The molecule has 0 atom stereocenters. The monoisotopic (exact) mass is 470 g/mol. The van der Waals surface area contributed by atoms with Crippen molar-refractivity contribution >= 4 is 39.4 Å². The first kappa shape index (κ1) is 24.8. The molecule has 2 aromatic heterocycles. The standard InChI is InChI=1S/2C8H8N4.C8H10N2O/c2*9-11-8-7-4-2-1-3-6(7)5-10-12-8;1-11-8-4-2-7(3-5-8)6-10-9/h2*1-5H,9H2,(H,11,12);2-6H,9H2,1H3/b;;10-6+. The van der Waals surface area contributed by atoms with Crippen LogP contribution in [0.2, 0.25) is 0 Å². The third-order valence-electron chi connectivity index (χ3n) is 4.75. The molecule has 3 aromatic carbocycles. The molecule has 5 aromatic rings. The third-order valence-corrected chi connectivity index (χ3v) is 4.75. The van der Waals surface area contributed by atoms with Crippen LogP contribution in [0.15, 0.2) is 90.3 Å². The van der Waals surface area contributed by atoms with Crippen LogP contribution in [-0.4, -0.2) is 33.7 Å². The van der Waals surface area contributed by atoms with E-state index in [1.807, 2.05) is 72.8 Å². The number of nitrogens with zero attached hydrogens (tertiary/aromatic N) is 5. The Morgan fingerprint density at radius 1 is 0.743 bits per heavy atom. The van der Waals surface area contributed by atoms with E-state index in [1.165, 1.54) is 0 Å². The fourth-order valence-corrected chi connectivity index (χ4v) is 3.05. The minimum absolute atomic E-state index is 0.605. The molecule has 0 aliphatic heterocycles. The molecule has 2 heterocycles. The largest absolute Gasteiger partial charge is 0.497 e. The van der Waals surface area contributed by atoms with Crippen molar-refractivity contribution in [2.45, 2.75) is 0 Å². The number of anilines is 2. The zero-order chi connectivity index (χ0) is 24.9. The van der Waals surface area contributed by atoms with E-state index in [4.69, 9.17) is 22.3 Å². The molecular formula is C24H26N10O. The minimum Gasteiger partial charge on any atom is -0.497 e. The average Bonchev–Trinajstić information content (AvgIpc) is 2.93. The molecule has 0 bridgehead atoms. The first-order valence-corrected chi connectivity index (χ1v) is 10.4. The number of fused-ring (bicyclic) bond motifs is 2. The number of rotatable bonds is 4. The predicted molar refractivity (Wildman–Crippen MR) is 139 cm³/mol. The zero-order valence-corrected chi connectivity index (χ0v) is 19.0. The SMILES string of the molecule is COc1ccc(/C=N/N)cc1.NNc1nncc2ccccc12.NNc1nncc2ccccc12. The molecule has 0 spiro atoms. The summed E-state index contributed by atoms with van der Waals surface area (Å²) in [5.41, 5.74) is 5.96. The summed E-state index contributed by atoms with van der Waals surface area (Å²) in [6.45, 7) is 0. The lowest BCUT2D eigenvalue weighted by Crippen LogP contribution is -2.09. The van der Waals surface area contributed by atoms with E-state index in [9.17, 15) is 0 Å². The number of hydrogen-bond acceptors (Lipinski definition) is 11. The van der Waals surface area contributed by atoms with Crippen LogP contribution in [0, 0.1) is 0 Å². The maximum atomic E-state index is 5.26. The van der Waals surface area contributed by atoms with Crippen molar-refractivity contribution in [1.82, 2.24) is 20.4 Å². The molecule has 0 fully saturated rings. The van der Waals surface area contributed by atoms with Crippen molar-refractivity contribution in [2.75, 3.05) is 18.0 Å². The molecule has 8 N–H and O–H groups in total. The normalized spacial score (nSPS) is 10.1. The zero-order valence-electron chi connectivity index (χ0n) is 19.0. The van der Waals surface area contributed by atoms with Crippen LogP contribution in [0.1, 0.15) is 5.56 Å². The van der Waals surface area contributed by atoms with Crippen molar-refractivity contribution in [2.24, 2.45) is 22.6 Å². The van der Waals surface area contributed by atoms with E-state index in [-0.39, 0.29) is 0 Å². The first-order chi connectivity index (χ1) is 17.2. The van der Waals surface area contributed by atoms with Gasteiger partial charge in [-0.05, 0) is 29.8 Å². The number of aromatic nitrogens is 4. The summed E-state index contributed by atoms with van der Waals surface area (Å²) in [5.74, 6) is 17.5. The van der Waals surface area contributed by atoms with Gasteiger partial charge in [-0.2, -0.15) is 15.3 Å². The van der Waals surface area contributed by atoms with Crippen molar-refractivity contribution in [3.63, 3.8) is 0 Å². The van der Waals surface area contributed by atoms with Crippen LogP contribution in [0.4, 0.5) is 11.6 Å². The molecular weight excluding hydrogens is 444 g/mol. The summed E-state index contributed by atoms with van der Waals surface area (Å²) in [4.78, 5) is 0. The van der Waals surface area contributed by atoms with Crippen molar-refractivity contribution in [3.05, 3.63) is 90.8 Å². The number of benzene rings is 3. The number of hydrogen-bond donors (Lipinski definition) is 5. The lowest BCUT2D eigenvalue weighted by atomic mass is 10.2. The van der Waals surface area contributed by atoms with Gasteiger partial charge in [-0.15, -0.1) is 10.2 Å². The highest BCUT2D eigenvalue weighted by Crippen LogP contribution is 2.18. The molecule has 0 saturated carbocycles. The molecule has 11 heteroatoms. The Balaban J connectivity index is 0.000000147. The molecule has 5 rings (SSSR count). The van der Waals surface area contributed by atoms with Gasteiger partial charge in [0.1, 0.15) is 5.75 Å². The summed E-state index contributed by atoms with van der Waals surface area (Å²) >= 11 is 0. The number of methoxy groups -OCH3 is 1. The summed E-state index contributed by atoms with van der Waals surface area (Å²) in [7, 11) is 1.63. The lowest BCUT2D eigenvalue weighted by molar-refractivity contribution is 0.415. The molecule has 0 unspecified atom stereocenters. The average molecular weight is 471 g/mol. The second-order valence-electron chi connectivity index (χ2n) is 6.90. The van der Waals surface area contributed by atoms with Gasteiger partial charge in [0.2, 0.25) is 0 Å². The Hall–Kier alpha value is -4.87. The molecule has 178 valence electrons. The van der Waals surface area contributed by atoms with E-state index in [2.05, 4.69) is 36.3 Å². The van der Waals surface area contributed by atoms with Crippen LogP contribution >= 0.6 is 0 Å². The van der Waals surface area contributed by atoms with E-state index in [0.29, 0.717) is 11.6 Å². The predicted octanol–water partition coefficient (Wildman–Crippen LogP) is 2.82. The third kappa shape index (κ3) is 6.81. The Bertz CT molecular complexity index is 1290. The van der Waals surface area contributed by atoms with Gasteiger partial charge < -0.3 is 21.4 Å². The molecule has 0 aliphatic rings. The van der Waals surface area contributed by atoms with Crippen LogP contribution in [0.5, 0.6) is 5.75 Å². The van der Waals surface area contributed by atoms with Gasteiger partial charge in [0.15, 0.2) is 11.6 Å². The highest BCUT2D eigenvalue weighted by Gasteiger charge is 1.99. The highest BCUT2D eigenvalue weighted by atomic mass is 16.5. The maximum absolute atomic E-state index is 5.26. The molecule has 11 nitrogen and oxygen atoms in total. The Morgan fingerprint density at radius 2 is 1.23 bits per heavy atom. The number of nitrogens with one attached hydrogen (secondary N) is 2. The highest BCUT2D eigenvalue weighted by molar-refractivity contribution is 5.91. The lowest BCUT2D eigenvalue weighted by Gasteiger charge is -2.01. The molecule has 0 aliphatic carbocycles. The Morgan fingerprint density at radius 3 is 1.66 bits per heavy atom. The van der Waals surface area contributed by atoms with Gasteiger partial charge in [-0.3, -0.25) is 0 Å². The van der Waals surface area contributed by atoms with Crippen molar-refractivity contribution in [1.29, 1.82) is 0 Å². The van der Waals surface area contributed by atoms with Gasteiger partial charge in [-0.25, -0.2) is 11.7 Å². The fraction of sp³-hybridized carbons (Fsp3) is 0.0417. The second kappa shape index (κ2) is 13.0. The Labute approximate surface area is 202 Å². The van der Waals surface area contributed by atoms with Crippen molar-refractivity contribution < 1.29 is 4.74 Å². The van der Waals surface area contributed by atoms with Gasteiger partial charge >= 0.3 is 0 Å². The van der Waals surface area contributed by atoms with Crippen LogP contribution in [-0.2, 0) is 0 Å². The molecule has 0 radical (unpaired) electrons. The van der Waals surface area contributed by atoms with Crippen LogP contribution < -0.4 is 33.1 Å². The summed E-state index contributed by atoms with van der Waals surface area (Å²) in [6, 6.07) is 23.1. The van der Waals surface area contributed by atoms with Crippen LogP contribution in [0.25, 0.3) is 21.5 Å². The van der Waals surface area contributed by atoms with E-state index in [0.717, 1.165) is 32.9 Å². The van der Waals surface area contributed by atoms with Crippen molar-refractivity contribution in [3.8, 4) is 5.75 Å². The summed E-state index contributed by atoms with van der Waals surface area (Å²) in [5, 5.41) is 22.7. The smallest absolute Gasteiger partial charge is 0.170 e. The van der Waals surface area contributed by atoms with Gasteiger partial charge in [0, 0.05) is 21.5 Å². The quantitative estimate of drug-likeness (QED) is 0.149. The second-order valence-corrected chi connectivity index (χ2v) is 6.90. The molecule has 0 saturated heterocycles. The Kier molecular flexibility index (Phi) is 9.19. The topological polar surface area (TPSA) is 175 Å². The number of nitrogens with two attached hydrogens (primary N) is 3. The van der Waals surface area contributed by atoms with Gasteiger partial charge in [-0.1, -0.05) is 48.5 Å².